The molecule has 2 atom stereocenters. The van der Waals surface area contributed by atoms with Crippen LogP contribution in [0.2, 0.25) is 0 Å². The topological polar surface area (TPSA) is 139 Å². The number of benzene rings is 1. The van der Waals surface area contributed by atoms with Gasteiger partial charge < -0.3 is 21.5 Å². The van der Waals surface area contributed by atoms with Crippen molar-refractivity contribution in [2.75, 3.05) is 0 Å². The highest BCUT2D eigenvalue weighted by Gasteiger charge is 2.25. The maximum Gasteiger partial charge on any atom is 0.303 e. The first kappa shape index (κ1) is 20.1. The lowest BCUT2D eigenvalue weighted by atomic mass is 10.0. The summed E-state index contributed by atoms with van der Waals surface area (Å²) in [7, 11) is 0. The van der Waals surface area contributed by atoms with E-state index >= 15 is 0 Å². The predicted octanol–water partition coefficient (Wildman–Crippen LogP) is -0.292. The van der Waals surface area contributed by atoms with Crippen molar-refractivity contribution in [3.05, 3.63) is 35.6 Å². The van der Waals surface area contributed by atoms with Crippen molar-refractivity contribution in [3.8, 4) is 0 Å². The number of nitrogens with one attached hydrogen (secondary N) is 2. The number of halogens is 1. The largest absolute Gasteiger partial charge is 0.481 e. The highest BCUT2D eigenvalue weighted by molar-refractivity contribution is 5.91. The molecule has 0 radical (unpaired) electrons. The van der Waals surface area contributed by atoms with Gasteiger partial charge in [0.2, 0.25) is 17.7 Å². The Morgan fingerprint density at radius 1 is 1.12 bits per heavy atom. The minimum atomic E-state index is -1.17. The van der Waals surface area contributed by atoms with Crippen LogP contribution in [0.5, 0.6) is 0 Å². The quantitative estimate of drug-likeness (QED) is 0.483. The first-order chi connectivity index (χ1) is 11.7. The predicted molar refractivity (Wildman–Crippen MR) is 85.7 cm³/mol. The number of carboxylic acid groups (broad SMARTS) is 1. The number of carbonyl (C=O) groups excluding carboxylic acids is 3. The first-order valence-electron chi connectivity index (χ1n) is 7.52. The lowest BCUT2D eigenvalue weighted by Gasteiger charge is -2.21. The maximum absolute atomic E-state index is 13.0. The molecule has 8 nitrogen and oxygen atoms in total. The molecule has 0 aliphatic carbocycles. The molecule has 1 rings (SSSR count). The summed E-state index contributed by atoms with van der Waals surface area (Å²) >= 11 is 0. The molecule has 0 saturated heterocycles. The molecule has 0 bridgehead atoms. The van der Waals surface area contributed by atoms with Gasteiger partial charge in [0, 0.05) is 19.8 Å². The number of rotatable bonds is 9. The minimum Gasteiger partial charge on any atom is -0.481 e. The lowest BCUT2D eigenvalue weighted by Crippen LogP contribution is -2.53. The van der Waals surface area contributed by atoms with Gasteiger partial charge in [-0.25, -0.2) is 4.39 Å². The number of carboxylic acids is 1. The van der Waals surface area contributed by atoms with E-state index in [-0.39, 0.29) is 19.3 Å². The van der Waals surface area contributed by atoms with Crippen LogP contribution in [0.4, 0.5) is 4.39 Å². The Morgan fingerprint density at radius 2 is 1.72 bits per heavy atom. The number of amides is 3. The van der Waals surface area contributed by atoms with Crippen molar-refractivity contribution in [1.82, 2.24) is 10.6 Å². The summed E-state index contributed by atoms with van der Waals surface area (Å²) in [5.74, 6) is -3.60. The van der Waals surface area contributed by atoms with Crippen LogP contribution in [0, 0.1) is 5.82 Å². The molecule has 136 valence electrons. The fraction of sp³-hybridized carbons (Fsp3) is 0.375. The molecular weight excluding hydrogens is 333 g/mol. The SMILES string of the molecule is CC(=O)N[C@H](Cc1ccc(F)cc1)C(=O)N[C@H](CCC(=O)O)C(N)=O. The molecule has 25 heavy (non-hydrogen) atoms. The highest BCUT2D eigenvalue weighted by atomic mass is 19.1. The van der Waals surface area contributed by atoms with Crippen LogP contribution in [0.3, 0.4) is 0 Å². The number of primary amides is 1. The Labute approximate surface area is 143 Å². The molecule has 0 heterocycles. The van der Waals surface area contributed by atoms with E-state index in [4.69, 9.17) is 10.8 Å². The van der Waals surface area contributed by atoms with Gasteiger partial charge in [-0.2, -0.15) is 0 Å². The Kier molecular flexibility index (Phi) is 7.51. The zero-order valence-electron chi connectivity index (χ0n) is 13.6. The molecule has 0 aromatic heterocycles. The second-order valence-electron chi connectivity index (χ2n) is 5.48. The van der Waals surface area contributed by atoms with Gasteiger partial charge in [0.1, 0.15) is 17.9 Å². The van der Waals surface area contributed by atoms with Gasteiger partial charge in [0.15, 0.2) is 0 Å². The van der Waals surface area contributed by atoms with Crippen molar-refractivity contribution in [2.24, 2.45) is 5.73 Å². The van der Waals surface area contributed by atoms with Gasteiger partial charge >= 0.3 is 5.97 Å². The van der Waals surface area contributed by atoms with E-state index in [9.17, 15) is 23.6 Å². The smallest absolute Gasteiger partial charge is 0.303 e. The normalized spacial score (nSPS) is 12.7. The molecule has 0 fully saturated rings. The van der Waals surface area contributed by atoms with Crippen LogP contribution in [0.25, 0.3) is 0 Å². The molecule has 0 unspecified atom stereocenters. The van der Waals surface area contributed by atoms with E-state index in [2.05, 4.69) is 10.6 Å². The second-order valence-corrected chi connectivity index (χ2v) is 5.48. The average Bonchev–Trinajstić information content (AvgIpc) is 2.51. The molecule has 0 saturated carbocycles. The van der Waals surface area contributed by atoms with E-state index < -0.39 is 41.6 Å². The summed E-state index contributed by atoms with van der Waals surface area (Å²) in [6.07, 6.45) is -0.452. The molecule has 3 amide bonds. The van der Waals surface area contributed by atoms with Crippen molar-refractivity contribution in [1.29, 1.82) is 0 Å². The van der Waals surface area contributed by atoms with Crippen molar-refractivity contribution < 1.29 is 28.7 Å². The van der Waals surface area contributed by atoms with Crippen molar-refractivity contribution in [3.63, 3.8) is 0 Å². The zero-order valence-corrected chi connectivity index (χ0v) is 13.6. The van der Waals surface area contributed by atoms with Gasteiger partial charge in [-0.15, -0.1) is 0 Å². The third-order valence-corrected chi connectivity index (χ3v) is 3.35. The third-order valence-electron chi connectivity index (χ3n) is 3.35. The maximum atomic E-state index is 13.0. The fourth-order valence-corrected chi connectivity index (χ4v) is 2.14. The lowest BCUT2D eigenvalue weighted by molar-refractivity contribution is -0.137. The van der Waals surface area contributed by atoms with Crippen LogP contribution in [-0.4, -0.2) is 40.9 Å². The molecule has 0 aliphatic rings. The van der Waals surface area contributed by atoms with Gasteiger partial charge in [0.25, 0.3) is 0 Å². The monoisotopic (exact) mass is 353 g/mol. The van der Waals surface area contributed by atoms with Crippen LogP contribution >= 0.6 is 0 Å². The fourth-order valence-electron chi connectivity index (χ4n) is 2.14. The van der Waals surface area contributed by atoms with Gasteiger partial charge in [-0.05, 0) is 24.1 Å². The van der Waals surface area contributed by atoms with Crippen molar-refractivity contribution >= 4 is 23.7 Å². The van der Waals surface area contributed by atoms with E-state index in [1.54, 1.807) is 0 Å². The summed E-state index contributed by atoms with van der Waals surface area (Å²) in [6, 6.07) is 3.18. The first-order valence-corrected chi connectivity index (χ1v) is 7.52. The van der Waals surface area contributed by atoms with E-state index in [1.807, 2.05) is 0 Å². The Morgan fingerprint density at radius 3 is 2.20 bits per heavy atom. The summed E-state index contributed by atoms with van der Waals surface area (Å²) in [6.45, 7) is 1.22. The van der Waals surface area contributed by atoms with E-state index in [0.717, 1.165) is 0 Å². The molecule has 1 aromatic rings. The standard InChI is InChI=1S/C16H20FN3O5/c1-9(21)19-13(8-10-2-4-11(17)5-3-10)16(25)20-12(15(18)24)6-7-14(22)23/h2-5,12-13H,6-8H2,1H3,(H2,18,24)(H,19,21)(H,20,25)(H,22,23)/t12-,13-/m1/s1. The van der Waals surface area contributed by atoms with E-state index in [1.165, 1.54) is 31.2 Å². The Balaban J connectivity index is 2.83. The van der Waals surface area contributed by atoms with Gasteiger partial charge in [-0.3, -0.25) is 19.2 Å². The molecular formula is C16H20FN3O5. The summed E-state index contributed by atoms with van der Waals surface area (Å²) < 4.78 is 13.0. The molecule has 0 aliphatic heterocycles. The number of aliphatic carboxylic acids is 1. The summed E-state index contributed by atoms with van der Waals surface area (Å²) in [5.41, 5.74) is 5.76. The molecule has 1 aromatic carbocycles. The molecule has 9 heteroatoms. The van der Waals surface area contributed by atoms with Gasteiger partial charge in [0.05, 0.1) is 0 Å². The minimum absolute atomic E-state index is 0.0656. The van der Waals surface area contributed by atoms with Crippen LogP contribution in [-0.2, 0) is 25.6 Å². The average molecular weight is 353 g/mol. The molecule has 5 N–H and O–H groups in total. The van der Waals surface area contributed by atoms with E-state index in [0.29, 0.717) is 5.56 Å². The Hall–Kier alpha value is -2.97. The Bertz CT molecular complexity index is 648. The molecule has 0 spiro atoms. The zero-order chi connectivity index (χ0) is 19.0. The van der Waals surface area contributed by atoms with Crippen LogP contribution < -0.4 is 16.4 Å². The highest BCUT2D eigenvalue weighted by Crippen LogP contribution is 2.07. The van der Waals surface area contributed by atoms with Crippen LogP contribution in [0.1, 0.15) is 25.3 Å². The van der Waals surface area contributed by atoms with Crippen LogP contribution in [0.15, 0.2) is 24.3 Å². The third kappa shape index (κ3) is 7.42. The summed E-state index contributed by atoms with van der Waals surface area (Å²) in [5, 5.41) is 13.5. The number of carbonyl (C=O) groups is 4. The van der Waals surface area contributed by atoms with Crippen molar-refractivity contribution in [2.45, 2.75) is 38.3 Å². The summed E-state index contributed by atoms with van der Waals surface area (Å²) in [4.78, 5) is 45.7. The number of nitrogens with two attached hydrogens (primary N) is 1. The number of hydrogen-bond acceptors (Lipinski definition) is 4. The number of hydrogen-bond donors (Lipinski definition) is 4. The second kappa shape index (κ2) is 9.36. The van der Waals surface area contributed by atoms with Gasteiger partial charge in [-0.1, -0.05) is 12.1 Å².